The van der Waals surface area contributed by atoms with Crippen LogP contribution in [-0.4, -0.2) is 134 Å². The van der Waals surface area contributed by atoms with E-state index in [1.807, 2.05) is 171 Å². The second kappa shape index (κ2) is 32.9. The van der Waals surface area contributed by atoms with Crippen molar-refractivity contribution in [3.8, 4) is 0 Å². The summed E-state index contributed by atoms with van der Waals surface area (Å²) < 4.78 is 23.0. The molecule has 0 fully saturated rings. The van der Waals surface area contributed by atoms with Gasteiger partial charge in [-0.05, 0) is 143 Å². The molecule has 0 saturated carbocycles. The maximum Gasteiger partial charge on any atom is 0.345 e. The Morgan fingerprint density at radius 2 is 0.756 bits per heavy atom. The molecule has 0 atom stereocenters. The Morgan fingerprint density at radius 1 is 0.359 bits per heavy atom. The maximum absolute atomic E-state index is 10.9. The maximum atomic E-state index is 10.9. The zero-order valence-electron chi connectivity index (χ0n) is 50.7. The predicted octanol–water partition coefficient (Wildman–Crippen LogP) is 4.55. The van der Waals surface area contributed by atoms with Crippen LogP contribution in [0.25, 0.3) is 0 Å². The summed E-state index contributed by atoms with van der Waals surface area (Å²) in [6.45, 7) is 36.5. The van der Waals surface area contributed by atoms with Crippen molar-refractivity contribution >= 4 is 11.5 Å². The van der Waals surface area contributed by atoms with E-state index in [-0.39, 0.29) is 5.69 Å². The van der Waals surface area contributed by atoms with Crippen molar-refractivity contribution in [2.45, 2.75) is 132 Å². The quantitative estimate of drug-likeness (QED) is 0.201. The Balaban J connectivity index is 0.000000434. The summed E-state index contributed by atoms with van der Waals surface area (Å²) in [5.74, 6) is 6.04. The summed E-state index contributed by atoms with van der Waals surface area (Å²) in [6, 6.07) is 0. The van der Waals surface area contributed by atoms with Gasteiger partial charge in [-0.3, -0.25) is 18.6 Å². The predicted molar refractivity (Wildman–Crippen MR) is 293 cm³/mol. The lowest BCUT2D eigenvalue weighted by Gasteiger charge is -1.90. The first-order valence-electron chi connectivity index (χ1n) is 24.1. The molecule has 0 spiro atoms. The topological polar surface area (TPSA) is 328 Å². The molecule has 0 aliphatic heterocycles. The van der Waals surface area contributed by atoms with Crippen LogP contribution in [0.5, 0.6) is 0 Å². The minimum atomic E-state index is -0.0764. The average molecular weight is 1100 g/mol. The highest BCUT2D eigenvalue weighted by atomic mass is 32.1. The number of hydrogen-bond acceptors (Lipinski definition) is 23. The molecule has 30 nitrogen and oxygen atoms in total. The summed E-state index contributed by atoms with van der Waals surface area (Å²) in [5.41, 5.74) is 11.0. The second-order valence-electron chi connectivity index (χ2n) is 17.4. The molecule has 428 valence electrons. The van der Waals surface area contributed by atoms with Gasteiger partial charge in [0.1, 0.15) is 40.5 Å². The molecule has 10 aromatic heterocycles. The molecule has 10 rings (SSSR count). The van der Waals surface area contributed by atoms with Crippen LogP contribution in [0.4, 0.5) is 0 Å². The summed E-state index contributed by atoms with van der Waals surface area (Å²) in [7, 11) is 14.6. The molecular formula is C47H81N27O3S. The fraction of sp³-hybridized carbons (Fsp3) is 0.574. The van der Waals surface area contributed by atoms with E-state index >= 15 is 0 Å². The lowest BCUT2D eigenvalue weighted by molar-refractivity contribution is 0.373. The molecule has 10 aromatic rings. The van der Waals surface area contributed by atoms with Crippen LogP contribution in [0.1, 0.15) is 108 Å². The highest BCUT2D eigenvalue weighted by molar-refractivity contribution is 7.05. The Kier molecular flexibility index (Phi) is 28.5. The standard InChI is InChI=1S/C5H9N3O.6C5H9N3.2C4H6N2O.C4H6N2S/c1-4-6-8(3)5(9)7(4)2;1-4-6-7-5(2)8(4)3;1-4-6-5(2)8(3)7-4;2*1-4-5(2)8(3)7-6-4;2*1-4-5(2)7-8(3)6-4;3*1-3-4(2)7-6-5-3/h1-3H3;6*1-3H3;3*1-2H3. The highest BCUT2D eigenvalue weighted by Crippen LogP contribution is 2.04. The SMILES string of the molecule is Cc1nc(C)n(C)n1.Cc1nn(C)c(=O)n1C.Cc1nn(C)nc1C.Cc1nn(C)nc1C.Cc1nnc(C)n1C.Cc1nnn(C)c1C.Cc1nnn(C)c1C.Cc1nnoc1C.Cc1nnoc1C.Cc1nnsc1C. The minimum Gasteiger partial charge on any atom is -0.342 e. The zero-order chi connectivity index (χ0) is 59.7. The molecule has 0 bridgehead atoms. The van der Waals surface area contributed by atoms with E-state index in [2.05, 4.69) is 106 Å². The van der Waals surface area contributed by atoms with Gasteiger partial charge in [-0.1, -0.05) is 14.9 Å². The van der Waals surface area contributed by atoms with Gasteiger partial charge in [-0.25, -0.2) is 14.5 Å². The van der Waals surface area contributed by atoms with Crippen molar-refractivity contribution in [3.05, 3.63) is 119 Å². The lowest BCUT2D eigenvalue weighted by Crippen LogP contribution is -2.20. The average Bonchev–Trinajstić information content (AvgIpc) is 4.32. The van der Waals surface area contributed by atoms with Crippen LogP contribution >= 0.6 is 11.5 Å². The fourth-order valence-electron chi connectivity index (χ4n) is 4.87. The van der Waals surface area contributed by atoms with Gasteiger partial charge in [0, 0.05) is 71.8 Å². The van der Waals surface area contributed by atoms with Crippen molar-refractivity contribution in [1.82, 2.24) is 134 Å². The molecule has 0 saturated heterocycles. The first kappa shape index (κ1) is 67.6. The summed E-state index contributed by atoms with van der Waals surface area (Å²) in [4.78, 5) is 19.3. The van der Waals surface area contributed by atoms with Crippen LogP contribution in [0.2, 0.25) is 0 Å². The Bertz CT molecular complexity index is 2880. The first-order chi connectivity index (χ1) is 36.3. The van der Waals surface area contributed by atoms with Crippen LogP contribution in [-0.2, 0) is 56.4 Å². The minimum absolute atomic E-state index is 0.0764. The van der Waals surface area contributed by atoms with Crippen molar-refractivity contribution in [2.75, 3.05) is 0 Å². The van der Waals surface area contributed by atoms with Gasteiger partial charge < -0.3 is 13.6 Å². The molecule has 0 N–H and O–H groups in total. The fourth-order valence-corrected chi connectivity index (χ4v) is 5.33. The summed E-state index contributed by atoms with van der Waals surface area (Å²) in [6.07, 6.45) is 0. The molecule has 0 aliphatic carbocycles. The molecular weight excluding hydrogens is 1020 g/mol. The van der Waals surface area contributed by atoms with Crippen molar-refractivity contribution in [2.24, 2.45) is 56.4 Å². The van der Waals surface area contributed by atoms with Gasteiger partial charge in [0.25, 0.3) is 0 Å². The molecule has 10 heterocycles. The Hall–Kier alpha value is -8.38. The van der Waals surface area contributed by atoms with Crippen molar-refractivity contribution in [1.29, 1.82) is 0 Å². The summed E-state index contributed by atoms with van der Waals surface area (Å²) >= 11 is 1.44. The zero-order valence-corrected chi connectivity index (χ0v) is 51.5. The van der Waals surface area contributed by atoms with E-state index in [0.717, 1.165) is 103 Å². The van der Waals surface area contributed by atoms with Crippen molar-refractivity contribution < 1.29 is 9.05 Å². The third-order valence-electron chi connectivity index (χ3n) is 11.3. The van der Waals surface area contributed by atoms with Crippen LogP contribution in [0.3, 0.4) is 0 Å². The van der Waals surface area contributed by atoms with Gasteiger partial charge >= 0.3 is 5.69 Å². The number of aromatic nitrogens is 27. The van der Waals surface area contributed by atoms with Gasteiger partial charge in [0.05, 0.1) is 51.2 Å². The number of hydrogen-bond donors (Lipinski definition) is 0. The number of aryl methyl sites for hydroxylation is 23. The molecule has 0 amide bonds. The molecule has 0 radical (unpaired) electrons. The molecule has 31 heteroatoms. The molecule has 0 aliphatic rings. The van der Waals surface area contributed by atoms with Gasteiger partial charge in [0.15, 0.2) is 11.5 Å². The Labute approximate surface area is 459 Å². The smallest absolute Gasteiger partial charge is 0.342 e. The van der Waals surface area contributed by atoms with Gasteiger partial charge in [0.2, 0.25) is 0 Å². The normalized spacial score (nSPS) is 9.78. The van der Waals surface area contributed by atoms with Gasteiger partial charge in [-0.2, -0.15) is 40.2 Å². The third-order valence-corrected chi connectivity index (χ3v) is 12.0. The monoisotopic (exact) mass is 1100 g/mol. The molecule has 78 heavy (non-hydrogen) atoms. The number of nitrogens with zero attached hydrogens (tertiary/aromatic N) is 27. The van der Waals surface area contributed by atoms with Crippen LogP contribution in [0, 0.1) is 132 Å². The van der Waals surface area contributed by atoms with Crippen LogP contribution < -0.4 is 5.69 Å². The van der Waals surface area contributed by atoms with Gasteiger partial charge in [-0.15, -0.1) is 35.7 Å². The molecule has 0 aromatic carbocycles. The van der Waals surface area contributed by atoms with Crippen molar-refractivity contribution in [3.63, 3.8) is 0 Å². The van der Waals surface area contributed by atoms with E-state index < -0.39 is 0 Å². The second-order valence-corrected chi connectivity index (χ2v) is 18.4. The van der Waals surface area contributed by atoms with Crippen LogP contribution in [0.15, 0.2) is 13.8 Å². The third kappa shape index (κ3) is 23.7. The van der Waals surface area contributed by atoms with E-state index in [4.69, 9.17) is 0 Å². The highest BCUT2D eigenvalue weighted by Gasteiger charge is 2.01. The first-order valence-corrected chi connectivity index (χ1v) is 24.9. The lowest BCUT2D eigenvalue weighted by atomic mass is 10.4. The van der Waals surface area contributed by atoms with E-state index in [1.165, 1.54) is 25.7 Å². The molecule has 0 unspecified atom stereocenters. The number of rotatable bonds is 0. The largest absolute Gasteiger partial charge is 0.345 e. The van der Waals surface area contributed by atoms with E-state index in [0.29, 0.717) is 0 Å². The Morgan fingerprint density at radius 3 is 0.846 bits per heavy atom. The van der Waals surface area contributed by atoms with E-state index in [1.54, 1.807) is 44.7 Å². The van der Waals surface area contributed by atoms with E-state index in [9.17, 15) is 4.79 Å². The summed E-state index contributed by atoms with van der Waals surface area (Å²) in [5, 5.41) is 64.4.